The molecule has 0 radical (unpaired) electrons. The van der Waals surface area contributed by atoms with E-state index in [0.29, 0.717) is 5.75 Å². The number of hydrogen-bond donors (Lipinski definition) is 1. The van der Waals surface area contributed by atoms with Crippen LogP contribution in [0.4, 0.5) is 0 Å². The summed E-state index contributed by atoms with van der Waals surface area (Å²) in [6, 6.07) is 3.78. The minimum Gasteiger partial charge on any atom is -0.508 e. The lowest BCUT2D eigenvalue weighted by atomic mass is 10.1. The Balaban J connectivity index is 2.64. The molecule has 0 aromatic heterocycles. The van der Waals surface area contributed by atoms with Crippen LogP contribution in [-0.2, 0) is 12.8 Å². The number of halogens is 1. The number of aromatic hydroxyl groups is 1. The quantitative estimate of drug-likeness (QED) is 0.710. The lowest BCUT2D eigenvalue weighted by molar-refractivity contribution is 0.469. The molecule has 0 saturated carbocycles. The van der Waals surface area contributed by atoms with Gasteiger partial charge in [-0.1, -0.05) is 0 Å². The fourth-order valence-electron chi connectivity index (χ4n) is 1.64. The molecule has 0 saturated heterocycles. The molecular formula is C9H9IO. The van der Waals surface area contributed by atoms with Crippen LogP contribution >= 0.6 is 22.6 Å². The van der Waals surface area contributed by atoms with Crippen molar-refractivity contribution in [3.05, 3.63) is 26.8 Å². The first kappa shape index (κ1) is 7.40. The van der Waals surface area contributed by atoms with Crippen molar-refractivity contribution in [2.45, 2.75) is 19.3 Å². The highest BCUT2D eigenvalue weighted by molar-refractivity contribution is 14.1. The molecular weight excluding hydrogens is 251 g/mol. The van der Waals surface area contributed by atoms with Gasteiger partial charge in [-0.3, -0.25) is 0 Å². The molecule has 58 valence electrons. The van der Waals surface area contributed by atoms with Crippen molar-refractivity contribution in [2.24, 2.45) is 0 Å². The van der Waals surface area contributed by atoms with Gasteiger partial charge in [-0.15, -0.1) is 0 Å². The Kier molecular flexibility index (Phi) is 1.79. The predicted octanol–water partition coefficient (Wildman–Crippen LogP) is 2.49. The van der Waals surface area contributed by atoms with Crippen molar-refractivity contribution in [1.82, 2.24) is 0 Å². The van der Waals surface area contributed by atoms with Crippen molar-refractivity contribution in [3.8, 4) is 5.75 Å². The average molecular weight is 260 g/mol. The summed E-state index contributed by atoms with van der Waals surface area (Å²) in [5, 5.41) is 9.45. The molecule has 0 bridgehead atoms. The number of rotatable bonds is 0. The molecule has 0 spiro atoms. The van der Waals surface area contributed by atoms with Crippen molar-refractivity contribution in [2.75, 3.05) is 0 Å². The lowest BCUT2D eigenvalue weighted by Gasteiger charge is -2.03. The van der Waals surface area contributed by atoms with Gasteiger partial charge in [0, 0.05) is 3.57 Å². The van der Waals surface area contributed by atoms with Crippen LogP contribution in [0.2, 0.25) is 0 Å². The molecule has 0 unspecified atom stereocenters. The van der Waals surface area contributed by atoms with E-state index in [0.717, 1.165) is 12.8 Å². The van der Waals surface area contributed by atoms with E-state index in [2.05, 4.69) is 22.6 Å². The third-order valence-corrected chi connectivity index (χ3v) is 3.21. The van der Waals surface area contributed by atoms with Crippen LogP contribution in [0, 0.1) is 3.57 Å². The van der Waals surface area contributed by atoms with E-state index in [9.17, 15) is 5.11 Å². The van der Waals surface area contributed by atoms with E-state index in [4.69, 9.17) is 0 Å². The summed E-state index contributed by atoms with van der Waals surface area (Å²) in [7, 11) is 0. The van der Waals surface area contributed by atoms with Gasteiger partial charge in [0.25, 0.3) is 0 Å². The van der Waals surface area contributed by atoms with Crippen molar-refractivity contribution in [1.29, 1.82) is 0 Å². The van der Waals surface area contributed by atoms with Crippen LogP contribution in [0.3, 0.4) is 0 Å². The molecule has 1 aromatic carbocycles. The highest BCUT2D eigenvalue weighted by atomic mass is 127. The minimum atomic E-state index is 0.484. The molecule has 0 amide bonds. The van der Waals surface area contributed by atoms with E-state index in [1.54, 1.807) is 6.07 Å². The van der Waals surface area contributed by atoms with E-state index < -0.39 is 0 Å². The van der Waals surface area contributed by atoms with Gasteiger partial charge in [-0.2, -0.15) is 0 Å². The summed E-state index contributed by atoms with van der Waals surface area (Å²) < 4.78 is 1.30. The zero-order valence-electron chi connectivity index (χ0n) is 6.10. The zero-order chi connectivity index (χ0) is 7.84. The largest absolute Gasteiger partial charge is 0.508 e. The van der Waals surface area contributed by atoms with Gasteiger partial charge in [-0.25, -0.2) is 0 Å². The van der Waals surface area contributed by atoms with Crippen molar-refractivity contribution < 1.29 is 5.11 Å². The van der Waals surface area contributed by atoms with Crippen LogP contribution in [-0.4, -0.2) is 5.11 Å². The van der Waals surface area contributed by atoms with Crippen LogP contribution in [0.1, 0.15) is 17.5 Å². The first-order valence-corrected chi connectivity index (χ1v) is 4.86. The number of fused-ring (bicyclic) bond motifs is 1. The highest BCUT2D eigenvalue weighted by Crippen LogP contribution is 2.32. The van der Waals surface area contributed by atoms with Gasteiger partial charge in [0.05, 0.1) is 0 Å². The topological polar surface area (TPSA) is 20.2 Å². The molecule has 0 heterocycles. The molecule has 2 rings (SSSR count). The lowest BCUT2D eigenvalue weighted by Crippen LogP contribution is -1.86. The van der Waals surface area contributed by atoms with Gasteiger partial charge in [0.15, 0.2) is 0 Å². The number of hydrogen-bond acceptors (Lipinski definition) is 1. The maximum atomic E-state index is 9.45. The second-order valence-electron chi connectivity index (χ2n) is 2.88. The third kappa shape index (κ3) is 1.13. The summed E-state index contributed by atoms with van der Waals surface area (Å²) in [4.78, 5) is 0. The Morgan fingerprint density at radius 1 is 1.18 bits per heavy atom. The van der Waals surface area contributed by atoms with Crippen molar-refractivity contribution >= 4 is 22.6 Å². The molecule has 1 nitrogen and oxygen atoms in total. The summed E-state index contributed by atoms with van der Waals surface area (Å²) in [6.45, 7) is 0. The van der Waals surface area contributed by atoms with Gasteiger partial charge in [0.2, 0.25) is 0 Å². The van der Waals surface area contributed by atoms with Crippen LogP contribution < -0.4 is 0 Å². The fraction of sp³-hybridized carbons (Fsp3) is 0.333. The molecule has 1 aliphatic rings. The minimum absolute atomic E-state index is 0.484. The van der Waals surface area contributed by atoms with E-state index in [-0.39, 0.29) is 0 Å². The molecule has 1 aliphatic carbocycles. The molecule has 0 fully saturated rings. The van der Waals surface area contributed by atoms with Crippen LogP contribution in [0.25, 0.3) is 0 Å². The highest BCUT2D eigenvalue weighted by Gasteiger charge is 2.16. The molecule has 1 N–H and O–H groups in total. The number of benzene rings is 1. The third-order valence-electron chi connectivity index (χ3n) is 2.20. The standard InChI is InChI=1S/C9H9IO/c10-8-4-5-9(11)7-3-1-2-6(7)8/h4-5,11H,1-3H2. The maximum Gasteiger partial charge on any atom is 0.119 e. The smallest absolute Gasteiger partial charge is 0.119 e. The summed E-state index contributed by atoms with van der Waals surface area (Å²) in [5.41, 5.74) is 2.54. The van der Waals surface area contributed by atoms with Gasteiger partial charge < -0.3 is 5.11 Å². The molecule has 0 aliphatic heterocycles. The Bertz CT molecular complexity index is 265. The summed E-state index contributed by atoms with van der Waals surface area (Å²) in [6.07, 6.45) is 3.39. The molecule has 2 heteroatoms. The van der Waals surface area contributed by atoms with Gasteiger partial charge >= 0.3 is 0 Å². The second-order valence-corrected chi connectivity index (χ2v) is 4.04. The normalized spacial score (nSPS) is 15.0. The van der Waals surface area contributed by atoms with Crippen LogP contribution in [0.5, 0.6) is 5.75 Å². The first-order chi connectivity index (χ1) is 5.29. The van der Waals surface area contributed by atoms with E-state index >= 15 is 0 Å². The van der Waals surface area contributed by atoms with E-state index in [1.807, 2.05) is 6.07 Å². The zero-order valence-corrected chi connectivity index (χ0v) is 8.26. The fourth-order valence-corrected chi connectivity index (χ4v) is 2.42. The molecule has 1 aromatic rings. The number of phenolic OH excluding ortho intramolecular Hbond substituents is 1. The summed E-state index contributed by atoms with van der Waals surface area (Å²) >= 11 is 2.33. The Hall–Kier alpha value is -0.250. The first-order valence-electron chi connectivity index (χ1n) is 3.78. The maximum absolute atomic E-state index is 9.45. The molecule has 11 heavy (non-hydrogen) atoms. The predicted molar refractivity (Wildman–Crippen MR) is 52.8 cm³/mol. The Morgan fingerprint density at radius 3 is 2.64 bits per heavy atom. The van der Waals surface area contributed by atoms with E-state index in [1.165, 1.54) is 21.1 Å². The van der Waals surface area contributed by atoms with Gasteiger partial charge in [-0.05, 0) is 65.1 Å². The van der Waals surface area contributed by atoms with Gasteiger partial charge in [0.1, 0.15) is 5.75 Å². The Morgan fingerprint density at radius 2 is 1.91 bits per heavy atom. The van der Waals surface area contributed by atoms with Crippen LogP contribution in [0.15, 0.2) is 12.1 Å². The SMILES string of the molecule is Oc1ccc(I)c2c1CCC2. The van der Waals surface area contributed by atoms with Crippen molar-refractivity contribution in [3.63, 3.8) is 0 Å². The molecule has 0 atom stereocenters. The summed E-state index contributed by atoms with van der Waals surface area (Å²) in [5.74, 6) is 0.484. The monoisotopic (exact) mass is 260 g/mol. The average Bonchev–Trinajstić information content (AvgIpc) is 2.45. The second kappa shape index (κ2) is 2.66. The Labute approximate surface area is 79.6 Å². The number of phenols is 1.